The van der Waals surface area contributed by atoms with Gasteiger partial charge < -0.3 is 20.7 Å². The van der Waals surface area contributed by atoms with Crippen LogP contribution >= 0.6 is 0 Å². The lowest BCUT2D eigenvalue weighted by atomic mass is 10.2. The largest absolute Gasteiger partial charge is 0.394 e. The van der Waals surface area contributed by atoms with E-state index in [0.717, 1.165) is 6.20 Å². The van der Waals surface area contributed by atoms with E-state index < -0.39 is 36.9 Å². The zero-order valence-corrected chi connectivity index (χ0v) is 8.78. The molecule has 1 fully saturated rings. The molecular weight excluding hydrogens is 233 g/mol. The SMILES string of the molecule is Nc1ccn([C@@]2(F)C[C@H](O)[C@@H](CO)O2)c(=O)n1. The third kappa shape index (κ3) is 2.02. The maximum atomic E-state index is 14.3. The molecule has 3 atom stereocenters. The van der Waals surface area contributed by atoms with E-state index in [1.165, 1.54) is 6.07 Å². The van der Waals surface area contributed by atoms with Gasteiger partial charge in [-0.05, 0) is 6.07 Å². The molecule has 2 heterocycles. The van der Waals surface area contributed by atoms with Gasteiger partial charge in [-0.1, -0.05) is 0 Å². The lowest BCUT2D eigenvalue weighted by molar-refractivity contribution is -0.205. The fourth-order valence-electron chi connectivity index (χ4n) is 1.73. The number of aliphatic hydroxyl groups is 2. The Morgan fingerprint density at radius 2 is 2.47 bits per heavy atom. The van der Waals surface area contributed by atoms with Crippen LogP contribution in [0.1, 0.15) is 6.42 Å². The van der Waals surface area contributed by atoms with Crippen molar-refractivity contribution in [3.8, 4) is 0 Å². The molecule has 1 aromatic heterocycles. The molecule has 0 aromatic carbocycles. The Morgan fingerprint density at radius 3 is 3.00 bits per heavy atom. The highest BCUT2D eigenvalue weighted by Gasteiger charge is 2.48. The first kappa shape index (κ1) is 12.0. The monoisotopic (exact) mass is 245 g/mol. The van der Waals surface area contributed by atoms with Crippen molar-refractivity contribution >= 4 is 5.82 Å². The summed E-state index contributed by atoms with van der Waals surface area (Å²) in [4.78, 5) is 14.8. The van der Waals surface area contributed by atoms with Crippen molar-refractivity contribution in [3.05, 3.63) is 22.7 Å². The third-order valence-corrected chi connectivity index (χ3v) is 2.59. The number of rotatable bonds is 2. The van der Waals surface area contributed by atoms with Gasteiger partial charge in [0.05, 0.1) is 19.1 Å². The first-order chi connectivity index (χ1) is 7.96. The maximum absolute atomic E-state index is 14.3. The van der Waals surface area contributed by atoms with Crippen LogP contribution in [0.3, 0.4) is 0 Å². The van der Waals surface area contributed by atoms with E-state index in [0.29, 0.717) is 4.57 Å². The van der Waals surface area contributed by atoms with E-state index in [9.17, 15) is 14.3 Å². The van der Waals surface area contributed by atoms with E-state index in [-0.39, 0.29) is 5.82 Å². The molecule has 8 heteroatoms. The van der Waals surface area contributed by atoms with Crippen molar-refractivity contribution in [2.24, 2.45) is 0 Å². The molecule has 7 nitrogen and oxygen atoms in total. The summed E-state index contributed by atoms with van der Waals surface area (Å²) in [5, 5.41) is 18.3. The molecule has 0 aliphatic carbocycles. The van der Waals surface area contributed by atoms with Crippen molar-refractivity contribution in [1.29, 1.82) is 0 Å². The number of halogens is 1. The van der Waals surface area contributed by atoms with Gasteiger partial charge >= 0.3 is 5.69 Å². The van der Waals surface area contributed by atoms with Crippen molar-refractivity contribution in [2.75, 3.05) is 12.3 Å². The van der Waals surface area contributed by atoms with Gasteiger partial charge in [-0.3, -0.25) is 0 Å². The van der Waals surface area contributed by atoms with Crippen LogP contribution in [0.5, 0.6) is 0 Å². The van der Waals surface area contributed by atoms with E-state index in [1.54, 1.807) is 0 Å². The van der Waals surface area contributed by atoms with Crippen LogP contribution in [-0.4, -0.2) is 38.6 Å². The van der Waals surface area contributed by atoms with Gasteiger partial charge in [-0.15, -0.1) is 0 Å². The minimum atomic E-state index is -2.51. The van der Waals surface area contributed by atoms with Crippen molar-refractivity contribution < 1.29 is 19.3 Å². The molecule has 1 saturated heterocycles. The van der Waals surface area contributed by atoms with Crippen LogP contribution in [0.25, 0.3) is 0 Å². The van der Waals surface area contributed by atoms with Gasteiger partial charge in [0, 0.05) is 6.20 Å². The first-order valence-electron chi connectivity index (χ1n) is 4.97. The molecule has 0 amide bonds. The molecule has 94 valence electrons. The predicted molar refractivity (Wildman–Crippen MR) is 54.6 cm³/mol. The number of anilines is 1. The summed E-state index contributed by atoms with van der Waals surface area (Å²) >= 11 is 0. The van der Waals surface area contributed by atoms with E-state index in [2.05, 4.69) is 4.98 Å². The fraction of sp³-hybridized carbons (Fsp3) is 0.556. The molecule has 2 rings (SSSR count). The Balaban J connectivity index is 2.37. The third-order valence-electron chi connectivity index (χ3n) is 2.59. The second kappa shape index (κ2) is 4.06. The number of aliphatic hydroxyl groups excluding tert-OH is 2. The molecule has 1 aliphatic rings. The van der Waals surface area contributed by atoms with Gasteiger partial charge in [-0.2, -0.15) is 9.37 Å². The van der Waals surface area contributed by atoms with Crippen LogP contribution in [0, 0.1) is 0 Å². The number of nitrogen functional groups attached to an aromatic ring is 1. The molecule has 0 saturated carbocycles. The Morgan fingerprint density at radius 1 is 1.76 bits per heavy atom. The van der Waals surface area contributed by atoms with Crippen LogP contribution in [0.15, 0.2) is 17.1 Å². The van der Waals surface area contributed by atoms with E-state index in [4.69, 9.17) is 15.6 Å². The normalized spacial score (nSPS) is 32.9. The molecule has 0 bridgehead atoms. The van der Waals surface area contributed by atoms with E-state index in [1.807, 2.05) is 0 Å². The number of nitrogens with two attached hydrogens (primary N) is 1. The number of aromatic nitrogens is 2. The molecule has 0 unspecified atom stereocenters. The summed E-state index contributed by atoms with van der Waals surface area (Å²) in [5.41, 5.74) is 4.35. The standard InChI is InChI=1S/C9H12FN3O4/c10-9(3-5(15)6(4-14)17-9)13-2-1-7(11)12-8(13)16/h1-2,5-6,14-15H,3-4H2,(H2,11,12,16)/t5-,6+,9-/m0/s1. The Labute approximate surface area is 95.3 Å². The van der Waals surface area contributed by atoms with Crippen LogP contribution in [-0.2, 0) is 10.7 Å². The Kier molecular flexibility index (Phi) is 2.86. The van der Waals surface area contributed by atoms with Crippen LogP contribution < -0.4 is 11.4 Å². The molecule has 17 heavy (non-hydrogen) atoms. The summed E-state index contributed by atoms with van der Waals surface area (Å²) in [6.07, 6.45) is -1.61. The van der Waals surface area contributed by atoms with Gasteiger partial charge in [0.2, 0.25) is 0 Å². The number of nitrogens with zero attached hydrogens (tertiary/aromatic N) is 2. The van der Waals surface area contributed by atoms with Gasteiger partial charge in [0.25, 0.3) is 5.98 Å². The second-order valence-corrected chi connectivity index (χ2v) is 3.80. The van der Waals surface area contributed by atoms with Gasteiger partial charge in [0.15, 0.2) is 0 Å². The highest BCUT2D eigenvalue weighted by atomic mass is 19.2. The number of hydrogen-bond donors (Lipinski definition) is 3. The zero-order valence-electron chi connectivity index (χ0n) is 8.78. The molecular formula is C9H12FN3O4. The van der Waals surface area contributed by atoms with Gasteiger partial charge in [-0.25, -0.2) is 9.36 Å². The van der Waals surface area contributed by atoms with Crippen molar-refractivity contribution in [3.63, 3.8) is 0 Å². The zero-order chi connectivity index (χ0) is 12.6. The first-order valence-corrected chi connectivity index (χ1v) is 4.97. The average molecular weight is 245 g/mol. The fourth-order valence-corrected chi connectivity index (χ4v) is 1.73. The molecule has 0 radical (unpaired) electrons. The van der Waals surface area contributed by atoms with Crippen molar-refractivity contribution in [2.45, 2.75) is 24.6 Å². The summed E-state index contributed by atoms with van der Waals surface area (Å²) in [7, 11) is 0. The highest BCUT2D eigenvalue weighted by molar-refractivity contribution is 5.23. The quantitative estimate of drug-likeness (QED) is 0.587. The summed E-state index contributed by atoms with van der Waals surface area (Å²) in [5.74, 6) is -2.54. The molecule has 0 spiro atoms. The van der Waals surface area contributed by atoms with Crippen LogP contribution in [0.4, 0.5) is 10.2 Å². The number of alkyl halides is 1. The lowest BCUT2D eigenvalue weighted by Gasteiger charge is -2.21. The summed E-state index contributed by atoms with van der Waals surface area (Å²) in [6, 6.07) is 1.24. The Hall–Kier alpha value is -1.51. The maximum Gasteiger partial charge on any atom is 0.353 e. The summed E-state index contributed by atoms with van der Waals surface area (Å²) < 4.78 is 19.7. The number of hydrogen-bond acceptors (Lipinski definition) is 6. The van der Waals surface area contributed by atoms with Crippen molar-refractivity contribution in [1.82, 2.24) is 9.55 Å². The topological polar surface area (TPSA) is 111 Å². The minimum absolute atomic E-state index is 0.0351. The summed E-state index contributed by atoms with van der Waals surface area (Å²) in [6.45, 7) is -0.538. The highest BCUT2D eigenvalue weighted by Crippen LogP contribution is 2.35. The van der Waals surface area contributed by atoms with Gasteiger partial charge in [0.1, 0.15) is 11.9 Å². The van der Waals surface area contributed by atoms with Crippen LogP contribution in [0.2, 0.25) is 0 Å². The Bertz CT molecular complexity index is 480. The lowest BCUT2D eigenvalue weighted by Crippen LogP contribution is -2.39. The average Bonchev–Trinajstić information content (AvgIpc) is 2.54. The second-order valence-electron chi connectivity index (χ2n) is 3.80. The predicted octanol–water partition coefficient (Wildman–Crippen LogP) is -1.45. The molecule has 4 N–H and O–H groups in total. The number of ether oxygens (including phenoxy) is 1. The molecule has 1 aliphatic heterocycles. The minimum Gasteiger partial charge on any atom is -0.394 e. The molecule has 1 aromatic rings. The van der Waals surface area contributed by atoms with E-state index >= 15 is 0 Å². The smallest absolute Gasteiger partial charge is 0.353 e.